The Morgan fingerprint density at radius 1 is 1.30 bits per heavy atom. The molecule has 0 atom stereocenters. The maximum atomic E-state index is 14.1. The Morgan fingerprint density at radius 2 is 2.05 bits per heavy atom. The minimum absolute atomic E-state index is 0.180. The van der Waals surface area contributed by atoms with E-state index >= 15 is 0 Å². The highest BCUT2D eigenvalue weighted by Crippen LogP contribution is 2.26. The average Bonchev–Trinajstić information content (AvgIpc) is 2.83. The predicted molar refractivity (Wildman–Crippen MR) is 72.7 cm³/mol. The first-order valence-corrected chi connectivity index (χ1v) is 7.21. The van der Waals surface area contributed by atoms with Gasteiger partial charge in [-0.25, -0.2) is 13.8 Å². The van der Waals surface area contributed by atoms with Crippen LogP contribution in [0.25, 0.3) is 11.0 Å². The number of benzene rings is 1. The molecule has 1 aromatic carbocycles. The smallest absolute Gasteiger partial charge is 0.184 e. The van der Waals surface area contributed by atoms with E-state index in [2.05, 4.69) is 4.98 Å². The zero-order valence-electron chi connectivity index (χ0n) is 10.9. The molecule has 2 heterocycles. The average molecular weight is 301 g/mol. The van der Waals surface area contributed by atoms with E-state index in [0.717, 1.165) is 18.9 Å². The summed E-state index contributed by atoms with van der Waals surface area (Å²) in [6, 6.07) is 2.59. The molecule has 3 nitrogen and oxygen atoms in total. The van der Waals surface area contributed by atoms with Gasteiger partial charge in [0.2, 0.25) is 0 Å². The molecule has 1 saturated heterocycles. The van der Waals surface area contributed by atoms with Gasteiger partial charge in [0.15, 0.2) is 11.6 Å². The van der Waals surface area contributed by atoms with Crippen LogP contribution in [0, 0.1) is 17.6 Å². The Kier molecular flexibility index (Phi) is 3.89. The number of rotatable bonds is 3. The summed E-state index contributed by atoms with van der Waals surface area (Å²) in [6.07, 6.45) is 1.83. The number of fused-ring (bicyclic) bond motifs is 1. The van der Waals surface area contributed by atoms with Crippen LogP contribution in [0.1, 0.15) is 18.7 Å². The van der Waals surface area contributed by atoms with Gasteiger partial charge in [0.25, 0.3) is 0 Å². The molecule has 0 N–H and O–H groups in total. The third kappa shape index (κ3) is 2.40. The summed E-state index contributed by atoms with van der Waals surface area (Å²) in [6.45, 7) is 2.02. The van der Waals surface area contributed by atoms with Crippen LogP contribution in [0.5, 0.6) is 0 Å². The van der Waals surface area contributed by atoms with E-state index in [4.69, 9.17) is 16.3 Å². The number of ether oxygens (including phenoxy) is 1. The molecular weight excluding hydrogens is 286 g/mol. The van der Waals surface area contributed by atoms with Crippen LogP contribution in [-0.2, 0) is 17.2 Å². The number of halogens is 3. The van der Waals surface area contributed by atoms with Gasteiger partial charge < -0.3 is 9.30 Å². The third-order valence-electron chi connectivity index (χ3n) is 3.78. The molecule has 0 amide bonds. The van der Waals surface area contributed by atoms with Gasteiger partial charge in [0.05, 0.1) is 11.4 Å². The maximum absolute atomic E-state index is 14.1. The lowest BCUT2D eigenvalue weighted by Crippen LogP contribution is -2.21. The largest absolute Gasteiger partial charge is 0.381 e. The summed E-state index contributed by atoms with van der Waals surface area (Å²) in [5.41, 5.74) is 0.666. The molecule has 1 aliphatic rings. The van der Waals surface area contributed by atoms with Crippen molar-refractivity contribution in [1.29, 1.82) is 0 Å². The number of nitrogens with zero attached hydrogens (tertiary/aromatic N) is 2. The van der Waals surface area contributed by atoms with Crippen molar-refractivity contribution in [2.45, 2.75) is 25.3 Å². The molecule has 6 heteroatoms. The second kappa shape index (κ2) is 5.66. The van der Waals surface area contributed by atoms with Gasteiger partial charge in [-0.05, 0) is 30.9 Å². The van der Waals surface area contributed by atoms with E-state index in [1.54, 1.807) is 4.57 Å². The summed E-state index contributed by atoms with van der Waals surface area (Å²) in [5, 5.41) is 0. The lowest BCUT2D eigenvalue weighted by molar-refractivity contribution is 0.0613. The highest BCUT2D eigenvalue weighted by atomic mass is 35.5. The monoisotopic (exact) mass is 300 g/mol. The number of aromatic nitrogens is 2. The SMILES string of the molecule is Fc1ccc2nc(CCl)n(CC3CCOCC3)c2c1F. The Bertz CT molecular complexity index is 623. The maximum Gasteiger partial charge on any atom is 0.184 e. The molecule has 0 saturated carbocycles. The third-order valence-corrected chi connectivity index (χ3v) is 4.02. The summed E-state index contributed by atoms with van der Waals surface area (Å²) < 4.78 is 34.6. The van der Waals surface area contributed by atoms with Crippen LogP contribution < -0.4 is 0 Å². The molecule has 0 unspecified atom stereocenters. The lowest BCUT2D eigenvalue weighted by Gasteiger charge is -2.23. The first kappa shape index (κ1) is 13.8. The predicted octanol–water partition coefficient (Wildman–Crippen LogP) is 3.48. The van der Waals surface area contributed by atoms with Gasteiger partial charge >= 0.3 is 0 Å². The van der Waals surface area contributed by atoms with Crippen LogP contribution >= 0.6 is 11.6 Å². The Morgan fingerprint density at radius 3 is 2.75 bits per heavy atom. The quantitative estimate of drug-likeness (QED) is 0.812. The first-order chi connectivity index (χ1) is 9.70. The van der Waals surface area contributed by atoms with E-state index in [1.807, 2.05) is 0 Å². The number of hydrogen-bond acceptors (Lipinski definition) is 2. The zero-order chi connectivity index (χ0) is 14.1. The second-order valence-electron chi connectivity index (χ2n) is 5.06. The molecule has 3 rings (SSSR count). The molecule has 1 aromatic heterocycles. The fraction of sp³-hybridized carbons (Fsp3) is 0.500. The van der Waals surface area contributed by atoms with E-state index in [1.165, 1.54) is 6.07 Å². The van der Waals surface area contributed by atoms with Gasteiger partial charge in [-0.1, -0.05) is 0 Å². The first-order valence-electron chi connectivity index (χ1n) is 6.67. The molecule has 0 spiro atoms. The molecule has 2 aromatic rings. The zero-order valence-corrected chi connectivity index (χ0v) is 11.7. The Hall–Kier alpha value is -1.20. The molecule has 1 fully saturated rings. The van der Waals surface area contributed by atoms with Crippen molar-refractivity contribution in [3.63, 3.8) is 0 Å². The van der Waals surface area contributed by atoms with Gasteiger partial charge in [0, 0.05) is 19.8 Å². The lowest BCUT2D eigenvalue weighted by atomic mass is 10.0. The summed E-state index contributed by atoms with van der Waals surface area (Å²) >= 11 is 5.89. The van der Waals surface area contributed by atoms with Gasteiger partial charge in [0.1, 0.15) is 11.3 Å². The van der Waals surface area contributed by atoms with Crippen molar-refractivity contribution in [2.24, 2.45) is 5.92 Å². The normalized spacial score (nSPS) is 16.9. The van der Waals surface area contributed by atoms with E-state index in [-0.39, 0.29) is 11.4 Å². The van der Waals surface area contributed by atoms with Crippen LogP contribution in [-0.4, -0.2) is 22.8 Å². The van der Waals surface area contributed by atoms with Crippen molar-refractivity contribution in [3.8, 4) is 0 Å². The highest BCUT2D eigenvalue weighted by molar-refractivity contribution is 6.16. The van der Waals surface area contributed by atoms with E-state index in [0.29, 0.717) is 37.0 Å². The Balaban J connectivity index is 2.04. The van der Waals surface area contributed by atoms with Crippen molar-refractivity contribution in [3.05, 3.63) is 29.6 Å². The van der Waals surface area contributed by atoms with E-state index in [9.17, 15) is 8.78 Å². The van der Waals surface area contributed by atoms with Gasteiger partial charge in [-0.15, -0.1) is 11.6 Å². The Labute approximate surface area is 120 Å². The molecule has 0 radical (unpaired) electrons. The molecule has 108 valence electrons. The van der Waals surface area contributed by atoms with Crippen LogP contribution in [0.4, 0.5) is 8.78 Å². The van der Waals surface area contributed by atoms with Gasteiger partial charge in [-0.2, -0.15) is 0 Å². The molecule has 20 heavy (non-hydrogen) atoms. The van der Waals surface area contributed by atoms with Crippen molar-refractivity contribution < 1.29 is 13.5 Å². The minimum atomic E-state index is -0.855. The van der Waals surface area contributed by atoms with Crippen LogP contribution in [0.3, 0.4) is 0 Å². The summed E-state index contributed by atoms with van der Waals surface area (Å²) in [4.78, 5) is 4.29. The number of imidazole rings is 1. The second-order valence-corrected chi connectivity index (χ2v) is 5.32. The molecular formula is C14H15ClF2N2O. The number of alkyl halides is 1. The fourth-order valence-corrected chi connectivity index (χ4v) is 2.90. The van der Waals surface area contributed by atoms with Crippen molar-refractivity contribution in [2.75, 3.05) is 13.2 Å². The van der Waals surface area contributed by atoms with Crippen molar-refractivity contribution in [1.82, 2.24) is 9.55 Å². The summed E-state index contributed by atoms with van der Waals surface area (Å²) in [7, 11) is 0. The molecule has 0 aliphatic carbocycles. The fourth-order valence-electron chi connectivity index (χ4n) is 2.69. The molecule has 1 aliphatic heterocycles. The topological polar surface area (TPSA) is 27.1 Å². The van der Waals surface area contributed by atoms with Crippen LogP contribution in [0.2, 0.25) is 0 Å². The van der Waals surface area contributed by atoms with Crippen LogP contribution in [0.15, 0.2) is 12.1 Å². The standard InChI is InChI=1S/C14H15ClF2N2O/c15-7-12-18-11-2-1-10(16)13(17)14(11)19(12)8-9-3-5-20-6-4-9/h1-2,9H,3-8H2. The van der Waals surface area contributed by atoms with Gasteiger partial charge in [-0.3, -0.25) is 0 Å². The minimum Gasteiger partial charge on any atom is -0.381 e. The summed E-state index contributed by atoms with van der Waals surface area (Å²) in [5.74, 6) is -0.562. The number of hydrogen-bond donors (Lipinski definition) is 0. The molecule has 0 bridgehead atoms. The van der Waals surface area contributed by atoms with E-state index < -0.39 is 11.6 Å². The highest BCUT2D eigenvalue weighted by Gasteiger charge is 2.21. The van der Waals surface area contributed by atoms with Crippen molar-refractivity contribution >= 4 is 22.6 Å².